The van der Waals surface area contributed by atoms with E-state index in [9.17, 15) is 15.0 Å². The molecule has 0 aliphatic carbocycles. The van der Waals surface area contributed by atoms with Crippen molar-refractivity contribution in [1.82, 2.24) is 0 Å². The summed E-state index contributed by atoms with van der Waals surface area (Å²) in [4.78, 5) is 10.9. The maximum Gasteiger partial charge on any atom is 0.303 e. The summed E-state index contributed by atoms with van der Waals surface area (Å²) in [5.74, 6) is -0.770. The zero-order valence-corrected chi connectivity index (χ0v) is 15.1. The average molecular weight is 378 g/mol. The number of hydrogen-bond acceptors (Lipinski definition) is 3. The molecule has 0 atom stereocenters. The van der Waals surface area contributed by atoms with Gasteiger partial charge >= 0.3 is 5.97 Å². The molecule has 3 aromatic rings. The number of phenolic OH excluding ortho intramolecular Hbond substituents is 1. The first-order valence-electron chi connectivity index (χ1n) is 8.83. The molecule has 0 aliphatic heterocycles. The van der Waals surface area contributed by atoms with Gasteiger partial charge in [0, 0.05) is 6.42 Å². The van der Waals surface area contributed by atoms with Gasteiger partial charge in [0.1, 0.15) is 5.75 Å². The van der Waals surface area contributed by atoms with E-state index in [-0.39, 0.29) is 26.2 Å². The number of aliphatic hydroxyl groups is 1. The largest absolute Gasteiger partial charge is 0.508 e. The first-order valence-corrected chi connectivity index (χ1v) is 8.83. The van der Waals surface area contributed by atoms with Gasteiger partial charge < -0.3 is 15.3 Å². The van der Waals surface area contributed by atoms with E-state index in [1.807, 2.05) is 43.3 Å². The zero-order valence-electron chi connectivity index (χ0n) is 15.1. The van der Waals surface area contributed by atoms with Gasteiger partial charge in [-0.2, -0.15) is 0 Å². The second-order valence-electron chi connectivity index (χ2n) is 6.63. The number of aliphatic carboxylic acids is 1. The number of rotatable bonds is 6. The standard InChI is InChI=1S/C23H22O4.CH4/c1-15-3-2-4-16(11-15)22-8-5-17(12-19(22)14-24)21-9-7-20(25)13-18(21)6-10-23(26)27;/h2-5,7-9,11-13,24-25H,6,10,14H2,1H3,(H,26,27);1H4. The van der Waals surface area contributed by atoms with Gasteiger partial charge in [0.15, 0.2) is 0 Å². The Morgan fingerprint density at radius 1 is 0.893 bits per heavy atom. The monoisotopic (exact) mass is 378 g/mol. The van der Waals surface area contributed by atoms with Crippen molar-refractivity contribution < 1.29 is 20.1 Å². The Morgan fingerprint density at radius 2 is 1.57 bits per heavy atom. The molecule has 0 radical (unpaired) electrons. The number of carbonyl (C=O) groups is 1. The molecule has 28 heavy (non-hydrogen) atoms. The maximum absolute atomic E-state index is 10.9. The summed E-state index contributed by atoms with van der Waals surface area (Å²) in [5, 5.41) is 28.7. The van der Waals surface area contributed by atoms with Crippen molar-refractivity contribution in [1.29, 1.82) is 0 Å². The third-order valence-corrected chi connectivity index (χ3v) is 4.61. The lowest BCUT2D eigenvalue weighted by Crippen LogP contribution is -1.99. The highest BCUT2D eigenvalue weighted by molar-refractivity contribution is 5.76. The van der Waals surface area contributed by atoms with Crippen LogP contribution in [0.25, 0.3) is 22.3 Å². The molecule has 3 aromatic carbocycles. The lowest BCUT2D eigenvalue weighted by atomic mass is 9.91. The second-order valence-corrected chi connectivity index (χ2v) is 6.63. The minimum absolute atomic E-state index is 0. The van der Waals surface area contributed by atoms with Gasteiger partial charge in [-0.15, -0.1) is 0 Å². The van der Waals surface area contributed by atoms with E-state index in [0.29, 0.717) is 6.42 Å². The summed E-state index contributed by atoms with van der Waals surface area (Å²) < 4.78 is 0. The highest BCUT2D eigenvalue weighted by Crippen LogP contribution is 2.33. The molecule has 4 nitrogen and oxygen atoms in total. The quantitative estimate of drug-likeness (QED) is 0.552. The van der Waals surface area contributed by atoms with Gasteiger partial charge in [0.25, 0.3) is 0 Å². The van der Waals surface area contributed by atoms with Crippen LogP contribution >= 0.6 is 0 Å². The molecule has 0 spiro atoms. The van der Waals surface area contributed by atoms with E-state index >= 15 is 0 Å². The molecular formula is C24H26O4. The molecule has 3 rings (SSSR count). The molecule has 0 heterocycles. The van der Waals surface area contributed by atoms with Crippen LogP contribution in [0.5, 0.6) is 5.75 Å². The van der Waals surface area contributed by atoms with Gasteiger partial charge in [-0.1, -0.05) is 55.5 Å². The number of carboxylic acids is 1. The number of carboxylic acid groups (broad SMARTS) is 1. The molecule has 0 amide bonds. The molecule has 0 fully saturated rings. The molecule has 0 saturated heterocycles. The summed E-state index contributed by atoms with van der Waals surface area (Å²) in [6, 6.07) is 19.0. The van der Waals surface area contributed by atoms with Crippen LogP contribution in [0.15, 0.2) is 60.7 Å². The van der Waals surface area contributed by atoms with Crippen molar-refractivity contribution in [3.8, 4) is 28.0 Å². The molecule has 0 aliphatic rings. The van der Waals surface area contributed by atoms with Crippen LogP contribution in [-0.4, -0.2) is 21.3 Å². The Hall–Kier alpha value is -3.11. The smallest absolute Gasteiger partial charge is 0.303 e. The van der Waals surface area contributed by atoms with Gasteiger partial charge in [-0.3, -0.25) is 4.79 Å². The molecule has 0 aromatic heterocycles. The highest BCUT2D eigenvalue weighted by Gasteiger charge is 2.12. The fourth-order valence-corrected chi connectivity index (χ4v) is 3.30. The molecule has 3 N–H and O–H groups in total. The zero-order chi connectivity index (χ0) is 19.4. The number of aliphatic hydroxyl groups excluding tert-OH is 1. The van der Waals surface area contributed by atoms with Crippen molar-refractivity contribution in [3.63, 3.8) is 0 Å². The summed E-state index contributed by atoms with van der Waals surface area (Å²) in [6.45, 7) is 1.93. The van der Waals surface area contributed by atoms with Crippen molar-refractivity contribution in [3.05, 3.63) is 77.4 Å². The number of hydrogen-bond donors (Lipinski definition) is 3. The first kappa shape index (κ1) is 21.2. The second kappa shape index (κ2) is 9.20. The number of benzene rings is 3. The van der Waals surface area contributed by atoms with Crippen LogP contribution in [-0.2, 0) is 17.8 Å². The van der Waals surface area contributed by atoms with E-state index in [4.69, 9.17) is 5.11 Å². The van der Waals surface area contributed by atoms with E-state index < -0.39 is 5.97 Å². The lowest BCUT2D eigenvalue weighted by Gasteiger charge is -2.14. The van der Waals surface area contributed by atoms with E-state index in [0.717, 1.165) is 38.9 Å². The molecule has 4 heteroatoms. The average Bonchev–Trinajstić information content (AvgIpc) is 2.66. The van der Waals surface area contributed by atoms with Crippen LogP contribution in [0.1, 0.15) is 30.5 Å². The maximum atomic E-state index is 10.9. The van der Waals surface area contributed by atoms with Crippen molar-refractivity contribution >= 4 is 5.97 Å². The van der Waals surface area contributed by atoms with Crippen LogP contribution in [0.2, 0.25) is 0 Å². The fraction of sp³-hybridized carbons (Fsp3) is 0.208. The molecular weight excluding hydrogens is 352 g/mol. The lowest BCUT2D eigenvalue weighted by molar-refractivity contribution is -0.136. The first-order chi connectivity index (χ1) is 13.0. The number of aryl methyl sites for hydroxylation is 2. The minimum atomic E-state index is -0.880. The van der Waals surface area contributed by atoms with Crippen molar-refractivity contribution in [2.45, 2.75) is 33.8 Å². The molecule has 0 unspecified atom stereocenters. The van der Waals surface area contributed by atoms with Gasteiger partial charge in [0.05, 0.1) is 6.61 Å². The van der Waals surface area contributed by atoms with Gasteiger partial charge in [-0.05, 0) is 64.9 Å². The summed E-state index contributed by atoms with van der Waals surface area (Å²) in [7, 11) is 0. The summed E-state index contributed by atoms with van der Waals surface area (Å²) in [5.41, 5.74) is 6.48. The number of phenols is 1. The van der Waals surface area contributed by atoms with Crippen LogP contribution in [0, 0.1) is 6.92 Å². The topological polar surface area (TPSA) is 77.8 Å². The third-order valence-electron chi connectivity index (χ3n) is 4.61. The van der Waals surface area contributed by atoms with Crippen LogP contribution in [0.4, 0.5) is 0 Å². The van der Waals surface area contributed by atoms with Crippen molar-refractivity contribution in [2.75, 3.05) is 0 Å². The van der Waals surface area contributed by atoms with E-state index in [2.05, 4.69) is 6.07 Å². The van der Waals surface area contributed by atoms with E-state index in [1.165, 1.54) is 0 Å². The fourth-order valence-electron chi connectivity index (χ4n) is 3.30. The SMILES string of the molecule is C.Cc1cccc(-c2ccc(-c3ccc(O)cc3CCC(=O)O)cc2CO)c1. The number of aromatic hydroxyl groups is 1. The Balaban J connectivity index is 0.00000280. The van der Waals surface area contributed by atoms with Gasteiger partial charge in [-0.25, -0.2) is 0 Å². The molecule has 0 bridgehead atoms. The Bertz CT molecular complexity index is 976. The predicted octanol–water partition coefficient (Wildman–Crippen LogP) is 5.18. The third kappa shape index (κ3) is 4.78. The molecule has 146 valence electrons. The Labute approximate surface area is 165 Å². The normalized spacial score (nSPS) is 10.4. The summed E-state index contributed by atoms with van der Waals surface area (Å²) in [6.07, 6.45) is 0.317. The van der Waals surface area contributed by atoms with Crippen LogP contribution < -0.4 is 0 Å². The summed E-state index contributed by atoms with van der Waals surface area (Å²) >= 11 is 0. The van der Waals surface area contributed by atoms with Crippen LogP contribution in [0.3, 0.4) is 0 Å². The highest BCUT2D eigenvalue weighted by atomic mass is 16.4. The Morgan fingerprint density at radius 3 is 2.25 bits per heavy atom. The van der Waals surface area contributed by atoms with E-state index in [1.54, 1.807) is 18.2 Å². The van der Waals surface area contributed by atoms with Gasteiger partial charge in [0.2, 0.25) is 0 Å². The minimum Gasteiger partial charge on any atom is -0.508 e. The molecule has 0 saturated carbocycles. The van der Waals surface area contributed by atoms with Crippen molar-refractivity contribution in [2.24, 2.45) is 0 Å². The Kier molecular flexibility index (Phi) is 6.96. The predicted molar refractivity (Wildman–Crippen MR) is 112 cm³/mol.